The average molecular weight is 284 g/mol. The van der Waals surface area contributed by atoms with Gasteiger partial charge in [0.15, 0.2) is 0 Å². The monoisotopic (exact) mass is 284 g/mol. The van der Waals surface area contributed by atoms with Crippen LogP contribution >= 0.6 is 0 Å². The number of halogens is 2. The molecule has 0 bridgehead atoms. The molecular weight excluding hydrogens is 274 g/mol. The number of imide groups is 1. The van der Waals surface area contributed by atoms with Crippen LogP contribution in [0.2, 0.25) is 0 Å². The maximum atomic E-state index is 13.6. The van der Waals surface area contributed by atoms with E-state index >= 15 is 0 Å². The van der Waals surface area contributed by atoms with E-state index in [4.69, 9.17) is 5.11 Å². The second-order valence-electron chi connectivity index (χ2n) is 4.20. The number of hydrogen-bond donors (Lipinski definition) is 2. The Balaban J connectivity index is 2.22. The molecule has 1 aromatic carbocycles. The molecule has 20 heavy (non-hydrogen) atoms. The average Bonchev–Trinajstić information content (AvgIpc) is 2.63. The minimum Gasteiger partial charge on any atom is -0.481 e. The van der Waals surface area contributed by atoms with Crippen LogP contribution in [0.25, 0.3) is 0 Å². The van der Waals surface area contributed by atoms with Gasteiger partial charge in [0.2, 0.25) is 0 Å². The normalized spacial score (nSPS) is 18.3. The highest BCUT2D eigenvalue weighted by atomic mass is 19.1. The summed E-state index contributed by atoms with van der Waals surface area (Å²) in [5, 5.41) is 10.8. The van der Waals surface area contributed by atoms with Crippen molar-refractivity contribution in [3.05, 3.63) is 29.8 Å². The van der Waals surface area contributed by atoms with Gasteiger partial charge in [-0.05, 0) is 18.6 Å². The predicted molar refractivity (Wildman–Crippen MR) is 63.0 cm³/mol. The molecule has 6 nitrogen and oxygen atoms in total. The molecule has 1 aromatic rings. The first kappa shape index (κ1) is 13.9. The van der Waals surface area contributed by atoms with Crippen molar-refractivity contribution in [1.29, 1.82) is 0 Å². The van der Waals surface area contributed by atoms with Gasteiger partial charge in [0.05, 0.1) is 5.69 Å². The van der Waals surface area contributed by atoms with Crippen LogP contribution in [0.5, 0.6) is 0 Å². The summed E-state index contributed by atoms with van der Waals surface area (Å²) in [6, 6.07) is 0.560. The number of rotatable bonds is 4. The Labute approximate surface area is 112 Å². The molecule has 0 saturated carbocycles. The van der Waals surface area contributed by atoms with E-state index in [1.165, 1.54) is 0 Å². The van der Waals surface area contributed by atoms with Gasteiger partial charge in [0, 0.05) is 12.5 Å². The van der Waals surface area contributed by atoms with Crippen molar-refractivity contribution >= 4 is 23.6 Å². The summed E-state index contributed by atoms with van der Waals surface area (Å²) in [6.07, 6.45) is -0.407. The van der Waals surface area contributed by atoms with Crippen LogP contribution in [0.4, 0.5) is 19.3 Å². The number of carbonyl (C=O) groups excluding carboxylic acids is 2. The van der Waals surface area contributed by atoms with Crippen molar-refractivity contribution < 1.29 is 28.3 Å². The fourth-order valence-electron chi connectivity index (χ4n) is 1.89. The third-order valence-electron chi connectivity index (χ3n) is 2.82. The topological polar surface area (TPSA) is 86.7 Å². The number of hydrogen-bond acceptors (Lipinski definition) is 3. The summed E-state index contributed by atoms with van der Waals surface area (Å²) >= 11 is 0. The highest BCUT2D eigenvalue weighted by Gasteiger charge is 2.40. The second-order valence-corrected chi connectivity index (χ2v) is 4.20. The summed E-state index contributed by atoms with van der Waals surface area (Å²) in [5.41, 5.74) is -0.369. The molecule has 106 valence electrons. The zero-order valence-electron chi connectivity index (χ0n) is 10.1. The summed E-state index contributed by atoms with van der Waals surface area (Å²) < 4.78 is 26.4. The third-order valence-corrected chi connectivity index (χ3v) is 2.82. The van der Waals surface area contributed by atoms with Crippen LogP contribution in [0.1, 0.15) is 12.8 Å². The first-order valence-corrected chi connectivity index (χ1v) is 5.71. The zero-order valence-corrected chi connectivity index (χ0v) is 10.1. The van der Waals surface area contributed by atoms with E-state index in [0.717, 1.165) is 12.1 Å². The maximum Gasteiger partial charge on any atom is 0.329 e. The van der Waals surface area contributed by atoms with E-state index in [1.807, 2.05) is 0 Å². The molecule has 1 fully saturated rings. The van der Waals surface area contributed by atoms with Crippen molar-refractivity contribution in [1.82, 2.24) is 5.32 Å². The number of benzene rings is 1. The molecule has 0 spiro atoms. The number of carbonyl (C=O) groups is 3. The largest absolute Gasteiger partial charge is 0.481 e. The summed E-state index contributed by atoms with van der Waals surface area (Å²) in [7, 11) is 0. The van der Waals surface area contributed by atoms with Gasteiger partial charge < -0.3 is 10.4 Å². The predicted octanol–water partition coefficient (Wildman–Crippen LogP) is 1.25. The minimum absolute atomic E-state index is 0.0980. The van der Waals surface area contributed by atoms with E-state index in [2.05, 4.69) is 5.32 Å². The number of nitrogens with zero attached hydrogens (tertiary/aromatic N) is 1. The molecule has 1 aliphatic rings. The van der Waals surface area contributed by atoms with Crippen molar-refractivity contribution in [2.45, 2.75) is 18.9 Å². The van der Waals surface area contributed by atoms with Crippen LogP contribution in [0, 0.1) is 11.6 Å². The quantitative estimate of drug-likeness (QED) is 0.815. The molecule has 2 rings (SSSR count). The number of carboxylic acid groups (broad SMARTS) is 1. The molecule has 0 aliphatic carbocycles. The maximum absolute atomic E-state index is 13.6. The van der Waals surface area contributed by atoms with Gasteiger partial charge in [-0.2, -0.15) is 0 Å². The second kappa shape index (κ2) is 5.24. The fourth-order valence-corrected chi connectivity index (χ4v) is 1.89. The van der Waals surface area contributed by atoms with Gasteiger partial charge in [-0.3, -0.25) is 9.59 Å². The molecule has 3 amide bonds. The Bertz CT molecular complexity index is 591. The number of aliphatic carboxylic acids is 1. The van der Waals surface area contributed by atoms with Gasteiger partial charge in [0.25, 0.3) is 5.91 Å². The van der Waals surface area contributed by atoms with E-state index < -0.39 is 35.6 Å². The standard InChI is InChI=1S/C12H10F2N2O4/c13-6-1-3-9(7(14)5-6)16-11(19)8(15-12(16)20)2-4-10(17)18/h1,3,5,8H,2,4H2,(H,15,20)(H,17,18). The van der Waals surface area contributed by atoms with E-state index in [1.54, 1.807) is 0 Å². The van der Waals surface area contributed by atoms with Gasteiger partial charge in [0.1, 0.15) is 17.7 Å². The number of anilines is 1. The third kappa shape index (κ3) is 2.58. The molecular formula is C12H10F2N2O4. The minimum atomic E-state index is -1.11. The van der Waals surface area contributed by atoms with Crippen molar-refractivity contribution in [3.63, 3.8) is 0 Å². The summed E-state index contributed by atoms with van der Waals surface area (Å²) in [4.78, 5) is 34.6. The first-order valence-electron chi connectivity index (χ1n) is 5.71. The summed E-state index contributed by atoms with van der Waals surface area (Å²) in [6.45, 7) is 0. The molecule has 1 heterocycles. The summed E-state index contributed by atoms with van der Waals surface area (Å²) in [5.74, 6) is -3.76. The Morgan fingerprint density at radius 3 is 2.65 bits per heavy atom. The smallest absolute Gasteiger partial charge is 0.329 e. The molecule has 1 atom stereocenters. The lowest BCUT2D eigenvalue weighted by atomic mass is 10.1. The SMILES string of the molecule is O=C(O)CCC1NC(=O)N(c2ccc(F)cc2F)C1=O. The lowest BCUT2D eigenvalue weighted by molar-refractivity contribution is -0.137. The van der Waals surface area contributed by atoms with Crippen LogP contribution in [-0.4, -0.2) is 29.1 Å². The Hall–Kier alpha value is -2.51. The fraction of sp³-hybridized carbons (Fsp3) is 0.250. The zero-order chi connectivity index (χ0) is 14.9. The van der Waals surface area contributed by atoms with Gasteiger partial charge in [-0.1, -0.05) is 0 Å². The van der Waals surface area contributed by atoms with E-state index in [9.17, 15) is 23.2 Å². The van der Waals surface area contributed by atoms with E-state index in [0.29, 0.717) is 11.0 Å². The molecule has 8 heteroatoms. The number of nitrogens with one attached hydrogen (secondary N) is 1. The molecule has 0 radical (unpaired) electrons. The number of urea groups is 1. The van der Waals surface area contributed by atoms with Crippen LogP contribution < -0.4 is 10.2 Å². The molecule has 1 unspecified atom stereocenters. The van der Waals surface area contributed by atoms with Crippen molar-refractivity contribution in [3.8, 4) is 0 Å². The molecule has 2 N–H and O–H groups in total. The molecule has 1 aliphatic heterocycles. The Morgan fingerprint density at radius 2 is 2.05 bits per heavy atom. The number of amides is 3. The van der Waals surface area contributed by atoms with Crippen LogP contribution in [-0.2, 0) is 9.59 Å². The highest BCUT2D eigenvalue weighted by Crippen LogP contribution is 2.24. The lowest BCUT2D eigenvalue weighted by Crippen LogP contribution is -2.32. The van der Waals surface area contributed by atoms with Gasteiger partial charge in [-0.25, -0.2) is 18.5 Å². The Morgan fingerprint density at radius 1 is 1.35 bits per heavy atom. The van der Waals surface area contributed by atoms with Crippen molar-refractivity contribution in [2.75, 3.05) is 4.90 Å². The number of carboxylic acids is 1. The van der Waals surface area contributed by atoms with Crippen LogP contribution in [0.3, 0.4) is 0 Å². The molecule has 1 saturated heterocycles. The molecule has 0 aromatic heterocycles. The van der Waals surface area contributed by atoms with E-state index in [-0.39, 0.29) is 18.5 Å². The first-order chi connectivity index (χ1) is 9.40. The lowest BCUT2D eigenvalue weighted by Gasteiger charge is -2.13. The van der Waals surface area contributed by atoms with Crippen LogP contribution in [0.15, 0.2) is 18.2 Å². The van der Waals surface area contributed by atoms with Gasteiger partial charge in [-0.15, -0.1) is 0 Å². The Kier molecular flexibility index (Phi) is 3.64. The highest BCUT2D eigenvalue weighted by molar-refractivity contribution is 6.21. The van der Waals surface area contributed by atoms with Crippen molar-refractivity contribution in [2.24, 2.45) is 0 Å². The van der Waals surface area contributed by atoms with Gasteiger partial charge >= 0.3 is 12.0 Å².